The fourth-order valence-electron chi connectivity index (χ4n) is 2.32. The van der Waals surface area contributed by atoms with Crippen LogP contribution in [-0.2, 0) is 0 Å². The Morgan fingerprint density at radius 1 is 1.32 bits per heavy atom. The Hall–Kier alpha value is -1.56. The highest BCUT2D eigenvalue weighted by atomic mass is 19.2. The monoisotopic (exact) mass is 269 g/mol. The molecule has 0 aromatic carbocycles. The number of carbonyl (C=O) groups is 1. The minimum Gasteiger partial charge on any atom is -0.335 e. The van der Waals surface area contributed by atoms with Crippen LogP contribution in [0.2, 0.25) is 0 Å². The first-order valence-electron chi connectivity index (χ1n) is 6.23. The summed E-state index contributed by atoms with van der Waals surface area (Å²) in [6.45, 7) is 5.00. The summed E-state index contributed by atoms with van der Waals surface area (Å²) in [5.74, 6) is -2.89. The molecule has 6 heteroatoms. The molecule has 1 saturated heterocycles. The Kier molecular flexibility index (Phi) is 3.80. The third-order valence-electron chi connectivity index (χ3n) is 3.72. The van der Waals surface area contributed by atoms with Gasteiger partial charge in [0.15, 0.2) is 5.82 Å². The number of amides is 1. The lowest BCUT2D eigenvalue weighted by Crippen LogP contribution is -2.56. The zero-order chi connectivity index (χ0) is 14.2. The molecule has 0 saturated carbocycles. The van der Waals surface area contributed by atoms with Gasteiger partial charge in [-0.1, -0.05) is 0 Å². The second-order valence-electron chi connectivity index (χ2n) is 5.04. The number of likely N-dealkylation sites (N-methyl/N-ethyl adjacent to an activating group) is 1. The second-order valence-corrected chi connectivity index (χ2v) is 5.04. The third-order valence-corrected chi connectivity index (χ3v) is 3.72. The van der Waals surface area contributed by atoms with Gasteiger partial charge in [0.25, 0.3) is 5.91 Å². The van der Waals surface area contributed by atoms with Crippen LogP contribution in [0.15, 0.2) is 12.3 Å². The summed E-state index contributed by atoms with van der Waals surface area (Å²) in [5.41, 5.74) is -0.253. The van der Waals surface area contributed by atoms with Crippen LogP contribution in [0.25, 0.3) is 0 Å². The van der Waals surface area contributed by atoms with Gasteiger partial charge in [-0.15, -0.1) is 0 Å². The van der Waals surface area contributed by atoms with Gasteiger partial charge in [0.1, 0.15) is 0 Å². The molecule has 0 spiro atoms. The van der Waals surface area contributed by atoms with Gasteiger partial charge in [0, 0.05) is 31.4 Å². The first-order chi connectivity index (χ1) is 8.91. The quantitative estimate of drug-likeness (QED) is 0.725. The van der Waals surface area contributed by atoms with Crippen molar-refractivity contribution in [3.63, 3.8) is 0 Å². The van der Waals surface area contributed by atoms with Gasteiger partial charge >= 0.3 is 0 Å². The normalized spacial score (nSPS) is 24.6. The van der Waals surface area contributed by atoms with Crippen LogP contribution in [0.4, 0.5) is 8.78 Å². The van der Waals surface area contributed by atoms with Crippen LogP contribution in [0.5, 0.6) is 0 Å². The van der Waals surface area contributed by atoms with E-state index in [0.29, 0.717) is 13.1 Å². The van der Waals surface area contributed by atoms with Crippen molar-refractivity contribution in [3.05, 3.63) is 29.6 Å². The molecule has 2 heterocycles. The Balaban J connectivity index is 2.23. The first kappa shape index (κ1) is 13.9. The molecule has 0 aliphatic carbocycles. The fraction of sp³-hybridized carbons (Fsp3) is 0.538. The van der Waals surface area contributed by atoms with Crippen molar-refractivity contribution in [1.29, 1.82) is 0 Å². The number of rotatable bonds is 1. The molecule has 2 rings (SSSR count). The Morgan fingerprint density at radius 2 is 1.89 bits per heavy atom. The molecular weight excluding hydrogens is 252 g/mol. The molecule has 1 amide bonds. The van der Waals surface area contributed by atoms with E-state index in [4.69, 9.17) is 0 Å². The van der Waals surface area contributed by atoms with Crippen molar-refractivity contribution in [2.45, 2.75) is 25.9 Å². The molecule has 0 N–H and O–H groups in total. The number of piperazine rings is 1. The molecule has 1 aliphatic rings. The average Bonchev–Trinajstić information content (AvgIpc) is 2.38. The van der Waals surface area contributed by atoms with Gasteiger partial charge in [-0.2, -0.15) is 4.39 Å². The molecule has 2 unspecified atom stereocenters. The van der Waals surface area contributed by atoms with E-state index in [0.717, 1.165) is 6.20 Å². The standard InChI is InChI=1S/C13H17F2N3O/c1-8-6-18(7-9(2)17(8)3)13(19)10-4-5-16-12(15)11(10)14/h4-5,8-9H,6-7H2,1-3H3. The lowest BCUT2D eigenvalue weighted by molar-refractivity contribution is 0.0409. The number of hydrogen-bond acceptors (Lipinski definition) is 3. The molecular formula is C13H17F2N3O. The predicted molar refractivity (Wildman–Crippen MR) is 66.7 cm³/mol. The lowest BCUT2D eigenvalue weighted by Gasteiger charge is -2.42. The molecule has 0 bridgehead atoms. The highest BCUT2D eigenvalue weighted by molar-refractivity contribution is 5.94. The zero-order valence-electron chi connectivity index (χ0n) is 11.2. The summed E-state index contributed by atoms with van der Waals surface area (Å²) in [7, 11) is 1.99. The number of hydrogen-bond donors (Lipinski definition) is 0. The summed E-state index contributed by atoms with van der Waals surface area (Å²) in [4.78, 5) is 19.2. The molecule has 2 atom stereocenters. The molecule has 1 aromatic rings. The van der Waals surface area contributed by atoms with Crippen molar-refractivity contribution in [2.75, 3.05) is 20.1 Å². The number of nitrogens with zero attached hydrogens (tertiary/aromatic N) is 3. The maximum absolute atomic E-state index is 13.6. The van der Waals surface area contributed by atoms with Crippen LogP contribution in [0.3, 0.4) is 0 Å². The SMILES string of the molecule is CC1CN(C(=O)c2ccnc(F)c2F)CC(C)N1C. The number of halogens is 2. The number of pyridine rings is 1. The number of carbonyl (C=O) groups excluding carboxylic acids is 1. The van der Waals surface area contributed by atoms with E-state index in [2.05, 4.69) is 9.88 Å². The van der Waals surface area contributed by atoms with E-state index in [1.165, 1.54) is 6.07 Å². The molecule has 1 aromatic heterocycles. The second kappa shape index (κ2) is 5.21. The van der Waals surface area contributed by atoms with Crippen molar-refractivity contribution < 1.29 is 13.6 Å². The smallest absolute Gasteiger partial charge is 0.257 e. The summed E-state index contributed by atoms with van der Waals surface area (Å²) >= 11 is 0. The van der Waals surface area contributed by atoms with Gasteiger partial charge in [-0.25, -0.2) is 9.37 Å². The summed E-state index contributed by atoms with van der Waals surface area (Å²) < 4.78 is 26.6. The van der Waals surface area contributed by atoms with Gasteiger partial charge < -0.3 is 4.90 Å². The highest BCUT2D eigenvalue weighted by Crippen LogP contribution is 2.18. The van der Waals surface area contributed by atoms with E-state index >= 15 is 0 Å². The van der Waals surface area contributed by atoms with Crippen LogP contribution in [-0.4, -0.2) is 52.9 Å². The Bertz CT molecular complexity index is 483. The predicted octanol–water partition coefficient (Wildman–Crippen LogP) is 1.52. The van der Waals surface area contributed by atoms with Crippen molar-refractivity contribution in [3.8, 4) is 0 Å². The minimum absolute atomic E-state index is 0.183. The van der Waals surface area contributed by atoms with Crippen LogP contribution >= 0.6 is 0 Å². The van der Waals surface area contributed by atoms with Crippen LogP contribution in [0.1, 0.15) is 24.2 Å². The van der Waals surface area contributed by atoms with Gasteiger partial charge in [0.05, 0.1) is 5.56 Å². The zero-order valence-corrected chi connectivity index (χ0v) is 11.2. The Labute approximate surface area is 111 Å². The van der Waals surface area contributed by atoms with Crippen LogP contribution < -0.4 is 0 Å². The molecule has 1 fully saturated rings. The maximum Gasteiger partial charge on any atom is 0.257 e. The van der Waals surface area contributed by atoms with E-state index in [9.17, 15) is 13.6 Å². The molecule has 1 aliphatic heterocycles. The van der Waals surface area contributed by atoms with Gasteiger partial charge in [0.2, 0.25) is 5.95 Å². The number of aromatic nitrogens is 1. The highest BCUT2D eigenvalue weighted by Gasteiger charge is 2.31. The van der Waals surface area contributed by atoms with Gasteiger partial charge in [-0.05, 0) is 27.0 Å². The van der Waals surface area contributed by atoms with Crippen molar-refractivity contribution >= 4 is 5.91 Å². The van der Waals surface area contributed by atoms with Crippen LogP contribution in [0, 0.1) is 11.8 Å². The molecule has 0 radical (unpaired) electrons. The third kappa shape index (κ3) is 2.58. The van der Waals surface area contributed by atoms with E-state index < -0.39 is 17.7 Å². The molecule has 104 valence electrons. The minimum atomic E-state index is -1.24. The summed E-state index contributed by atoms with van der Waals surface area (Å²) in [6.07, 6.45) is 1.11. The van der Waals surface area contributed by atoms with Crippen molar-refractivity contribution in [2.24, 2.45) is 0 Å². The first-order valence-corrected chi connectivity index (χ1v) is 6.23. The lowest BCUT2D eigenvalue weighted by atomic mass is 10.1. The van der Waals surface area contributed by atoms with E-state index in [-0.39, 0.29) is 17.6 Å². The van der Waals surface area contributed by atoms with E-state index in [1.54, 1.807) is 4.90 Å². The maximum atomic E-state index is 13.6. The van der Waals surface area contributed by atoms with Gasteiger partial charge in [-0.3, -0.25) is 9.69 Å². The van der Waals surface area contributed by atoms with E-state index in [1.807, 2.05) is 20.9 Å². The fourth-order valence-corrected chi connectivity index (χ4v) is 2.32. The topological polar surface area (TPSA) is 36.4 Å². The Morgan fingerprint density at radius 3 is 2.47 bits per heavy atom. The largest absolute Gasteiger partial charge is 0.335 e. The van der Waals surface area contributed by atoms with Crippen molar-refractivity contribution in [1.82, 2.24) is 14.8 Å². The molecule has 4 nitrogen and oxygen atoms in total. The molecule has 19 heavy (non-hydrogen) atoms. The average molecular weight is 269 g/mol. The summed E-state index contributed by atoms with van der Waals surface area (Å²) in [6, 6.07) is 1.58. The summed E-state index contributed by atoms with van der Waals surface area (Å²) in [5, 5.41) is 0.